The lowest BCUT2D eigenvalue weighted by Crippen LogP contribution is -2.25. The Bertz CT molecular complexity index is 639. The molecular weight excluding hydrogens is 266 g/mol. The van der Waals surface area contributed by atoms with E-state index < -0.39 is 0 Å². The summed E-state index contributed by atoms with van der Waals surface area (Å²) < 4.78 is 5.39. The second-order valence-electron chi connectivity index (χ2n) is 4.55. The van der Waals surface area contributed by atoms with Gasteiger partial charge in [-0.15, -0.1) is 0 Å². The maximum absolute atomic E-state index is 11.7. The maximum Gasteiger partial charge on any atom is 0.277 e. The highest BCUT2D eigenvalue weighted by Crippen LogP contribution is 2.11. The summed E-state index contributed by atoms with van der Waals surface area (Å²) in [6.07, 6.45) is 1.68. The quantitative estimate of drug-likeness (QED) is 0.676. The molecular formula is C16H17N3O2. The number of hydrazone groups is 1. The van der Waals surface area contributed by atoms with Crippen molar-refractivity contribution in [1.29, 1.82) is 0 Å². The predicted molar refractivity (Wildman–Crippen MR) is 81.3 cm³/mol. The van der Waals surface area contributed by atoms with Gasteiger partial charge in [-0.3, -0.25) is 9.78 Å². The van der Waals surface area contributed by atoms with Crippen molar-refractivity contribution in [3.8, 4) is 5.75 Å². The molecule has 1 aromatic heterocycles. The van der Waals surface area contributed by atoms with E-state index in [1.807, 2.05) is 49.4 Å². The zero-order valence-electron chi connectivity index (χ0n) is 12.0. The van der Waals surface area contributed by atoms with Gasteiger partial charge in [-0.25, -0.2) is 5.43 Å². The Morgan fingerprint density at radius 2 is 2.14 bits per heavy atom. The Hall–Kier alpha value is -2.69. The summed E-state index contributed by atoms with van der Waals surface area (Å²) in [7, 11) is 0. The zero-order chi connectivity index (χ0) is 15.1. The number of pyridine rings is 1. The molecule has 1 aromatic carbocycles. The van der Waals surface area contributed by atoms with E-state index >= 15 is 0 Å². The van der Waals surface area contributed by atoms with Gasteiger partial charge in [-0.1, -0.05) is 18.2 Å². The lowest BCUT2D eigenvalue weighted by molar-refractivity contribution is -0.123. The average molecular weight is 283 g/mol. The number of aromatic nitrogens is 1. The smallest absolute Gasteiger partial charge is 0.277 e. The molecule has 1 amide bonds. The van der Waals surface area contributed by atoms with Crippen molar-refractivity contribution >= 4 is 11.6 Å². The number of benzene rings is 1. The van der Waals surface area contributed by atoms with Gasteiger partial charge in [0.1, 0.15) is 5.75 Å². The van der Waals surface area contributed by atoms with Crippen LogP contribution in [0.4, 0.5) is 0 Å². The molecule has 0 saturated carbocycles. The average Bonchev–Trinajstić information content (AvgIpc) is 2.51. The number of ether oxygens (including phenoxy) is 1. The topological polar surface area (TPSA) is 63.6 Å². The van der Waals surface area contributed by atoms with Crippen LogP contribution in [0, 0.1) is 6.92 Å². The molecule has 0 aliphatic heterocycles. The van der Waals surface area contributed by atoms with Gasteiger partial charge < -0.3 is 4.74 Å². The summed E-state index contributed by atoms with van der Waals surface area (Å²) >= 11 is 0. The van der Waals surface area contributed by atoms with Gasteiger partial charge in [-0.05, 0) is 43.7 Å². The van der Waals surface area contributed by atoms with Gasteiger partial charge >= 0.3 is 0 Å². The molecule has 0 radical (unpaired) electrons. The van der Waals surface area contributed by atoms with Crippen molar-refractivity contribution in [2.75, 3.05) is 6.61 Å². The van der Waals surface area contributed by atoms with E-state index in [0.29, 0.717) is 11.5 Å². The fraction of sp³-hybridized carbons (Fsp3) is 0.188. The highest BCUT2D eigenvalue weighted by molar-refractivity contribution is 5.97. The Morgan fingerprint density at radius 1 is 1.29 bits per heavy atom. The number of carbonyl (C=O) groups is 1. The zero-order valence-corrected chi connectivity index (χ0v) is 12.0. The monoisotopic (exact) mass is 283 g/mol. The molecule has 0 atom stereocenters. The second-order valence-corrected chi connectivity index (χ2v) is 4.55. The predicted octanol–water partition coefficient (Wildman–Crippen LogP) is 2.31. The van der Waals surface area contributed by atoms with Gasteiger partial charge in [0.05, 0.1) is 11.4 Å². The number of carbonyl (C=O) groups excluding carboxylic acids is 1. The molecule has 2 rings (SSSR count). The van der Waals surface area contributed by atoms with Crippen molar-refractivity contribution < 1.29 is 9.53 Å². The number of hydrogen-bond acceptors (Lipinski definition) is 4. The number of nitrogens with one attached hydrogen (secondary N) is 1. The molecule has 0 aliphatic rings. The third-order valence-electron chi connectivity index (χ3n) is 2.74. The third-order valence-corrected chi connectivity index (χ3v) is 2.74. The van der Waals surface area contributed by atoms with Crippen molar-refractivity contribution in [1.82, 2.24) is 10.4 Å². The Labute approximate surface area is 123 Å². The Morgan fingerprint density at radius 3 is 2.86 bits per heavy atom. The number of hydrogen-bond donors (Lipinski definition) is 1. The van der Waals surface area contributed by atoms with E-state index in [1.165, 1.54) is 0 Å². The molecule has 5 nitrogen and oxygen atoms in total. The second kappa shape index (κ2) is 7.19. The van der Waals surface area contributed by atoms with Gasteiger partial charge in [0.25, 0.3) is 5.91 Å². The maximum atomic E-state index is 11.7. The molecule has 1 N–H and O–H groups in total. The summed E-state index contributed by atoms with van der Waals surface area (Å²) in [4.78, 5) is 15.8. The van der Waals surface area contributed by atoms with Crippen LogP contribution in [0.15, 0.2) is 53.8 Å². The number of aryl methyl sites for hydroxylation is 1. The molecule has 2 aromatic rings. The fourth-order valence-corrected chi connectivity index (χ4v) is 1.67. The Balaban J connectivity index is 1.85. The first-order valence-corrected chi connectivity index (χ1v) is 6.59. The van der Waals surface area contributed by atoms with E-state index in [1.54, 1.807) is 13.1 Å². The normalized spacial score (nSPS) is 11.0. The standard InChI is InChI=1S/C16H17N3O2/c1-12-6-5-7-14(10-12)21-11-16(20)19-18-13(2)15-8-3-4-9-17-15/h3-10H,11H2,1-2H3,(H,19,20)/b18-13-. The first kappa shape index (κ1) is 14.7. The van der Waals surface area contributed by atoms with Crippen LogP contribution in [-0.4, -0.2) is 23.2 Å². The van der Waals surface area contributed by atoms with E-state index in [9.17, 15) is 4.79 Å². The molecule has 5 heteroatoms. The van der Waals surface area contributed by atoms with Crippen LogP contribution in [0.3, 0.4) is 0 Å². The van der Waals surface area contributed by atoms with Crippen LogP contribution in [-0.2, 0) is 4.79 Å². The highest BCUT2D eigenvalue weighted by atomic mass is 16.5. The van der Waals surface area contributed by atoms with Crippen molar-refractivity contribution in [3.63, 3.8) is 0 Å². The molecule has 0 spiro atoms. The SMILES string of the molecule is C/C(=N/NC(=O)COc1cccc(C)c1)c1ccccn1. The molecule has 1 heterocycles. The highest BCUT2D eigenvalue weighted by Gasteiger charge is 2.03. The minimum Gasteiger partial charge on any atom is -0.484 e. The fourth-order valence-electron chi connectivity index (χ4n) is 1.67. The summed E-state index contributed by atoms with van der Waals surface area (Å²) in [5.41, 5.74) is 4.89. The summed E-state index contributed by atoms with van der Waals surface area (Å²) in [5, 5.41) is 4.00. The van der Waals surface area contributed by atoms with E-state index in [2.05, 4.69) is 15.5 Å². The van der Waals surface area contributed by atoms with Crippen molar-refractivity contribution in [2.45, 2.75) is 13.8 Å². The molecule has 21 heavy (non-hydrogen) atoms. The Kier molecular flexibility index (Phi) is 5.04. The first-order chi connectivity index (χ1) is 10.1. The van der Waals surface area contributed by atoms with Gasteiger partial charge in [-0.2, -0.15) is 5.10 Å². The largest absolute Gasteiger partial charge is 0.484 e. The lowest BCUT2D eigenvalue weighted by Gasteiger charge is -2.06. The van der Waals surface area contributed by atoms with Crippen molar-refractivity contribution in [2.24, 2.45) is 5.10 Å². The van der Waals surface area contributed by atoms with Gasteiger partial charge in [0.2, 0.25) is 0 Å². The van der Waals surface area contributed by atoms with Crippen LogP contribution in [0.1, 0.15) is 18.2 Å². The lowest BCUT2D eigenvalue weighted by atomic mass is 10.2. The van der Waals surface area contributed by atoms with Gasteiger partial charge in [0.15, 0.2) is 6.61 Å². The third kappa shape index (κ3) is 4.72. The van der Waals surface area contributed by atoms with E-state index in [-0.39, 0.29) is 12.5 Å². The van der Waals surface area contributed by atoms with Crippen LogP contribution in [0.5, 0.6) is 5.75 Å². The van der Waals surface area contributed by atoms with Crippen LogP contribution in [0.25, 0.3) is 0 Å². The van der Waals surface area contributed by atoms with Crippen LogP contribution in [0.2, 0.25) is 0 Å². The molecule has 0 saturated heterocycles. The van der Waals surface area contributed by atoms with E-state index in [0.717, 1.165) is 11.3 Å². The first-order valence-electron chi connectivity index (χ1n) is 6.59. The van der Waals surface area contributed by atoms with Crippen LogP contribution >= 0.6 is 0 Å². The summed E-state index contributed by atoms with van der Waals surface area (Å²) in [5.74, 6) is 0.349. The number of nitrogens with zero attached hydrogens (tertiary/aromatic N) is 2. The summed E-state index contributed by atoms with van der Waals surface area (Å²) in [6, 6.07) is 13.0. The van der Waals surface area contributed by atoms with E-state index in [4.69, 9.17) is 4.74 Å². The van der Waals surface area contributed by atoms with Gasteiger partial charge in [0, 0.05) is 6.20 Å². The minimum absolute atomic E-state index is 0.0809. The number of rotatable bonds is 5. The minimum atomic E-state index is -0.313. The summed E-state index contributed by atoms with van der Waals surface area (Å²) in [6.45, 7) is 3.67. The molecule has 0 unspecified atom stereocenters. The molecule has 0 aliphatic carbocycles. The molecule has 108 valence electrons. The number of amides is 1. The van der Waals surface area contributed by atoms with Crippen LogP contribution < -0.4 is 10.2 Å². The molecule has 0 bridgehead atoms. The molecule has 0 fully saturated rings. The van der Waals surface area contributed by atoms with Crippen molar-refractivity contribution in [3.05, 3.63) is 59.9 Å².